The molecule has 1 aliphatic heterocycles. The fourth-order valence-electron chi connectivity index (χ4n) is 3.65. The quantitative estimate of drug-likeness (QED) is 0.377. The van der Waals surface area contributed by atoms with Gasteiger partial charge in [-0.15, -0.1) is 11.3 Å². The summed E-state index contributed by atoms with van der Waals surface area (Å²) >= 11 is 7.97. The Balaban J connectivity index is 1.55. The molecule has 0 fully saturated rings. The summed E-state index contributed by atoms with van der Waals surface area (Å²) in [6, 6.07) is 20.5. The predicted molar refractivity (Wildman–Crippen MR) is 128 cm³/mol. The Morgan fingerprint density at radius 1 is 0.970 bits per heavy atom. The smallest absolute Gasteiger partial charge is 0.241 e. The van der Waals surface area contributed by atoms with Crippen LogP contribution in [0.5, 0.6) is 11.5 Å². The van der Waals surface area contributed by atoms with Crippen molar-refractivity contribution in [2.75, 3.05) is 13.2 Å². The third-order valence-electron chi connectivity index (χ3n) is 5.28. The molecule has 9 heteroatoms. The van der Waals surface area contributed by atoms with Crippen molar-refractivity contribution < 1.29 is 22.3 Å². The first-order valence-electron chi connectivity index (χ1n) is 10.2. The van der Waals surface area contributed by atoms with Crippen molar-refractivity contribution in [2.45, 2.75) is 17.1 Å². The molecule has 33 heavy (non-hydrogen) atoms. The van der Waals surface area contributed by atoms with Gasteiger partial charge in [0, 0.05) is 20.7 Å². The Hall–Kier alpha value is -2.65. The van der Waals surface area contributed by atoms with Gasteiger partial charge in [0.05, 0.1) is 10.9 Å². The lowest BCUT2D eigenvalue weighted by Gasteiger charge is -2.20. The van der Waals surface area contributed by atoms with Crippen molar-refractivity contribution in [2.24, 2.45) is 0 Å². The number of rotatable bonds is 5. The molecule has 1 aliphatic rings. The lowest BCUT2D eigenvalue weighted by molar-refractivity contribution is 0.162. The number of fused-ring (bicyclic) bond motifs is 2. The van der Waals surface area contributed by atoms with Crippen molar-refractivity contribution in [3.63, 3.8) is 0 Å². The van der Waals surface area contributed by atoms with Gasteiger partial charge >= 0.3 is 0 Å². The van der Waals surface area contributed by atoms with Crippen molar-refractivity contribution in [3.8, 4) is 11.5 Å². The molecule has 2 atom stereocenters. The summed E-state index contributed by atoms with van der Waals surface area (Å²) in [5.74, 6) is 0.496. The van der Waals surface area contributed by atoms with Gasteiger partial charge < -0.3 is 9.47 Å². The minimum absolute atomic E-state index is 0.0136. The van der Waals surface area contributed by atoms with Crippen LogP contribution in [0.25, 0.3) is 10.1 Å². The molecule has 0 aliphatic carbocycles. The van der Waals surface area contributed by atoms with Crippen molar-refractivity contribution >= 4 is 43.0 Å². The van der Waals surface area contributed by atoms with Gasteiger partial charge in [0.2, 0.25) is 10.0 Å². The molecule has 2 heterocycles. The van der Waals surface area contributed by atoms with Gasteiger partial charge in [0.1, 0.15) is 13.2 Å². The van der Waals surface area contributed by atoms with E-state index in [0.717, 1.165) is 15.0 Å². The van der Waals surface area contributed by atoms with E-state index >= 15 is 0 Å². The van der Waals surface area contributed by atoms with Gasteiger partial charge in [0.25, 0.3) is 0 Å². The number of alkyl halides is 1. The van der Waals surface area contributed by atoms with Gasteiger partial charge in [-0.2, -0.15) is 4.72 Å². The zero-order valence-corrected chi connectivity index (χ0v) is 19.6. The summed E-state index contributed by atoms with van der Waals surface area (Å²) in [4.78, 5) is 0.794. The van der Waals surface area contributed by atoms with Crippen LogP contribution in [0, 0.1) is 0 Å². The summed E-state index contributed by atoms with van der Waals surface area (Å²) in [7, 11) is -4.00. The average molecular weight is 504 g/mol. The molecule has 1 unspecified atom stereocenters. The highest BCUT2D eigenvalue weighted by Crippen LogP contribution is 2.38. The first-order valence-corrected chi connectivity index (χ1v) is 12.9. The minimum Gasteiger partial charge on any atom is -0.487 e. The molecule has 3 aromatic carbocycles. The van der Waals surface area contributed by atoms with Crippen molar-refractivity contribution in [3.05, 3.63) is 88.3 Å². The largest absolute Gasteiger partial charge is 0.487 e. The maximum atomic E-state index is 13.6. The normalized spacial score (nSPS) is 17.0. The second-order valence-electron chi connectivity index (χ2n) is 7.59. The van der Waals surface area contributed by atoms with E-state index in [2.05, 4.69) is 4.72 Å². The Morgan fingerprint density at radius 2 is 1.70 bits per heavy atom. The number of nitrogens with one attached hydrogen (secondary N) is 1. The van der Waals surface area contributed by atoms with E-state index in [9.17, 15) is 12.8 Å². The summed E-state index contributed by atoms with van der Waals surface area (Å²) in [5, 5.41) is 1.47. The molecule has 0 spiro atoms. The van der Waals surface area contributed by atoms with Crippen molar-refractivity contribution in [1.29, 1.82) is 0 Å². The number of sulfonamides is 1. The van der Waals surface area contributed by atoms with E-state index < -0.39 is 22.2 Å². The van der Waals surface area contributed by atoms with E-state index in [-0.39, 0.29) is 23.9 Å². The molecule has 4 aromatic rings. The van der Waals surface area contributed by atoms with Gasteiger partial charge in [-0.3, -0.25) is 0 Å². The van der Waals surface area contributed by atoms with E-state index in [1.165, 1.54) is 29.5 Å². The second-order valence-corrected chi connectivity index (χ2v) is 10.8. The lowest BCUT2D eigenvalue weighted by atomic mass is 10.1. The van der Waals surface area contributed by atoms with Gasteiger partial charge in [-0.05, 0) is 41.3 Å². The molecule has 0 amide bonds. The monoisotopic (exact) mass is 503 g/mol. The molecular weight excluding hydrogens is 485 g/mol. The fourth-order valence-corrected chi connectivity index (χ4v) is 6.31. The molecule has 170 valence electrons. The van der Waals surface area contributed by atoms with Gasteiger partial charge in [-0.25, -0.2) is 12.8 Å². The van der Waals surface area contributed by atoms with Crippen LogP contribution in [0.2, 0.25) is 5.02 Å². The highest BCUT2D eigenvalue weighted by Gasteiger charge is 2.28. The number of hydrogen-bond donors (Lipinski definition) is 1. The maximum Gasteiger partial charge on any atom is 0.241 e. The zero-order chi connectivity index (χ0) is 23.0. The first-order chi connectivity index (χ1) is 15.9. The van der Waals surface area contributed by atoms with Crippen LogP contribution in [0.4, 0.5) is 4.39 Å². The van der Waals surface area contributed by atoms with Crippen molar-refractivity contribution in [1.82, 2.24) is 4.72 Å². The zero-order valence-electron chi connectivity index (χ0n) is 17.2. The third-order valence-corrected chi connectivity index (χ3v) is 8.23. The van der Waals surface area contributed by atoms with Crippen LogP contribution in [-0.2, 0) is 10.0 Å². The summed E-state index contributed by atoms with van der Waals surface area (Å²) in [6.45, 7) is -0.341. The highest BCUT2D eigenvalue weighted by atomic mass is 35.5. The summed E-state index contributed by atoms with van der Waals surface area (Å²) < 4.78 is 55.1. The molecule has 1 aromatic heterocycles. The van der Waals surface area contributed by atoms with Crippen LogP contribution in [0.1, 0.15) is 16.5 Å². The summed E-state index contributed by atoms with van der Waals surface area (Å²) in [5.41, 5.74) is 0.643. The highest BCUT2D eigenvalue weighted by molar-refractivity contribution is 7.89. The van der Waals surface area contributed by atoms with E-state index in [0.29, 0.717) is 16.3 Å². The molecule has 0 saturated heterocycles. The van der Waals surface area contributed by atoms with Crippen LogP contribution in [0.15, 0.2) is 77.7 Å². The molecule has 5 rings (SSSR count). The number of thiophene rings is 1. The van der Waals surface area contributed by atoms with Gasteiger partial charge in [-0.1, -0.05) is 48.0 Å². The van der Waals surface area contributed by atoms with E-state index in [1.807, 2.05) is 36.4 Å². The first kappa shape index (κ1) is 22.2. The molecule has 0 saturated carbocycles. The fraction of sp³-hybridized carbons (Fsp3) is 0.167. The Bertz CT molecular complexity index is 1390. The molecule has 5 nitrogen and oxygen atoms in total. The van der Waals surface area contributed by atoms with Crippen LogP contribution >= 0.6 is 22.9 Å². The SMILES string of the molecule is O=S(=O)(NC(c1cc2ccccc2s1)c1ccccc1Cl)c1ccc2c(c1)OC[C@@H](F)CO2. The minimum atomic E-state index is -4.00. The van der Waals surface area contributed by atoms with E-state index in [1.54, 1.807) is 18.2 Å². The predicted octanol–water partition coefficient (Wildman–Crippen LogP) is 5.73. The third kappa shape index (κ3) is 4.56. The molecule has 0 radical (unpaired) electrons. The number of hydrogen-bond acceptors (Lipinski definition) is 5. The lowest BCUT2D eigenvalue weighted by Crippen LogP contribution is -2.29. The Kier molecular flexibility index (Phi) is 6.01. The van der Waals surface area contributed by atoms with E-state index in [4.69, 9.17) is 21.1 Å². The summed E-state index contributed by atoms with van der Waals surface area (Å²) in [6.07, 6.45) is -1.28. The molecule has 1 N–H and O–H groups in total. The Labute approximate surface area is 199 Å². The maximum absolute atomic E-state index is 13.6. The van der Waals surface area contributed by atoms with Crippen LogP contribution < -0.4 is 14.2 Å². The molecular formula is C24H19ClFNO4S2. The average Bonchev–Trinajstić information content (AvgIpc) is 3.15. The van der Waals surface area contributed by atoms with Gasteiger partial charge in [0.15, 0.2) is 17.7 Å². The topological polar surface area (TPSA) is 64.6 Å². The Morgan fingerprint density at radius 3 is 2.48 bits per heavy atom. The number of halogens is 2. The number of ether oxygens (including phenoxy) is 2. The molecule has 0 bridgehead atoms. The second kappa shape index (κ2) is 8.95. The van der Waals surface area contributed by atoms with Crippen LogP contribution in [-0.4, -0.2) is 27.8 Å². The number of benzene rings is 3. The standard InChI is InChI=1S/C24H19ClFNO4S2/c25-19-7-3-2-6-18(19)24(23-11-15-5-1-4-8-22(15)32-23)27-33(28,29)17-9-10-20-21(12-17)31-14-16(26)13-30-20/h1-12,16,24,27H,13-14H2/t16-,24?/m0/s1. The van der Waals surface area contributed by atoms with Crippen LogP contribution in [0.3, 0.4) is 0 Å².